The van der Waals surface area contributed by atoms with Gasteiger partial charge in [0.1, 0.15) is 6.33 Å². The summed E-state index contributed by atoms with van der Waals surface area (Å²) in [5.74, 6) is -0.322. The third-order valence-electron chi connectivity index (χ3n) is 3.65. The molecular formula is C17H15N5O3S. The summed E-state index contributed by atoms with van der Waals surface area (Å²) < 4.78 is 1.82. The zero-order chi connectivity index (χ0) is 18.7. The molecule has 0 atom stereocenters. The second-order valence-electron chi connectivity index (χ2n) is 5.56. The Labute approximate surface area is 153 Å². The maximum absolute atomic E-state index is 12.3. The first-order valence-electron chi connectivity index (χ1n) is 7.62. The molecule has 1 N–H and O–H groups in total. The summed E-state index contributed by atoms with van der Waals surface area (Å²) in [6, 6.07) is 11.6. The molecule has 1 heterocycles. The summed E-state index contributed by atoms with van der Waals surface area (Å²) >= 11 is 1.46. The van der Waals surface area contributed by atoms with Gasteiger partial charge in [-0.05, 0) is 55.1 Å². The molecule has 0 bridgehead atoms. The zero-order valence-electron chi connectivity index (χ0n) is 14.0. The molecule has 0 saturated carbocycles. The van der Waals surface area contributed by atoms with Gasteiger partial charge in [0.05, 0.1) is 4.92 Å². The molecule has 9 heteroatoms. The molecule has 0 spiro atoms. The van der Waals surface area contributed by atoms with Crippen LogP contribution in [0.4, 0.5) is 11.4 Å². The average molecular weight is 369 g/mol. The Morgan fingerprint density at radius 1 is 1.23 bits per heavy atom. The third kappa shape index (κ3) is 3.89. The van der Waals surface area contributed by atoms with Gasteiger partial charge >= 0.3 is 0 Å². The number of aromatic nitrogens is 3. The Balaban J connectivity index is 1.69. The number of nitro groups is 1. The molecule has 132 valence electrons. The van der Waals surface area contributed by atoms with E-state index in [2.05, 4.69) is 15.5 Å². The first-order chi connectivity index (χ1) is 12.4. The number of hydrogen-bond donors (Lipinski definition) is 1. The number of aryl methyl sites for hydroxylation is 2. The van der Waals surface area contributed by atoms with E-state index in [0.717, 1.165) is 10.1 Å². The fourth-order valence-corrected chi connectivity index (χ4v) is 3.04. The van der Waals surface area contributed by atoms with Crippen LogP contribution in [0.2, 0.25) is 0 Å². The fraction of sp³-hybridized carbons (Fsp3) is 0.118. The highest BCUT2D eigenvalue weighted by Gasteiger charge is 2.14. The Kier molecular flexibility index (Phi) is 4.99. The van der Waals surface area contributed by atoms with E-state index >= 15 is 0 Å². The number of rotatable bonds is 5. The topological polar surface area (TPSA) is 103 Å². The lowest BCUT2D eigenvalue weighted by atomic mass is 10.1. The summed E-state index contributed by atoms with van der Waals surface area (Å²) in [4.78, 5) is 23.7. The summed E-state index contributed by atoms with van der Waals surface area (Å²) in [7, 11) is 1.86. The summed E-state index contributed by atoms with van der Waals surface area (Å²) in [6.07, 6.45) is 1.63. The van der Waals surface area contributed by atoms with Crippen LogP contribution in [-0.2, 0) is 7.05 Å². The van der Waals surface area contributed by atoms with E-state index in [1.54, 1.807) is 25.4 Å². The number of benzene rings is 2. The first kappa shape index (κ1) is 17.6. The predicted molar refractivity (Wildman–Crippen MR) is 97.4 cm³/mol. The Morgan fingerprint density at radius 3 is 2.54 bits per heavy atom. The van der Waals surface area contributed by atoms with Crippen molar-refractivity contribution < 1.29 is 9.72 Å². The molecule has 0 aliphatic carbocycles. The van der Waals surface area contributed by atoms with Crippen molar-refractivity contribution in [3.8, 4) is 0 Å². The molecule has 26 heavy (non-hydrogen) atoms. The Bertz CT molecular complexity index is 969. The monoisotopic (exact) mass is 369 g/mol. The van der Waals surface area contributed by atoms with Gasteiger partial charge in [-0.25, -0.2) is 0 Å². The van der Waals surface area contributed by atoms with E-state index in [9.17, 15) is 14.9 Å². The lowest BCUT2D eigenvalue weighted by molar-refractivity contribution is -0.385. The molecule has 3 rings (SSSR count). The van der Waals surface area contributed by atoms with Gasteiger partial charge in [-0.1, -0.05) is 0 Å². The van der Waals surface area contributed by atoms with Gasteiger partial charge in [0.2, 0.25) is 0 Å². The van der Waals surface area contributed by atoms with Gasteiger partial charge in [-0.3, -0.25) is 14.9 Å². The van der Waals surface area contributed by atoms with Crippen LogP contribution in [0.3, 0.4) is 0 Å². The van der Waals surface area contributed by atoms with Gasteiger partial charge in [0.15, 0.2) is 5.16 Å². The average Bonchev–Trinajstić information content (AvgIpc) is 3.01. The second kappa shape index (κ2) is 7.36. The highest BCUT2D eigenvalue weighted by Crippen LogP contribution is 2.26. The molecule has 0 unspecified atom stereocenters. The third-order valence-corrected chi connectivity index (χ3v) is 4.71. The molecule has 3 aromatic rings. The zero-order valence-corrected chi connectivity index (χ0v) is 14.9. The van der Waals surface area contributed by atoms with E-state index in [-0.39, 0.29) is 11.6 Å². The number of nitro benzene ring substituents is 1. The number of anilines is 1. The van der Waals surface area contributed by atoms with Crippen molar-refractivity contribution in [3.05, 3.63) is 70.0 Å². The SMILES string of the molecule is Cc1cc(C(=O)Nc2ccc(Sc3nncn3C)cc2)ccc1[N+](=O)[O-]. The lowest BCUT2D eigenvalue weighted by Crippen LogP contribution is -2.12. The maximum atomic E-state index is 12.3. The van der Waals surface area contributed by atoms with Crippen LogP contribution in [-0.4, -0.2) is 25.6 Å². The molecule has 0 radical (unpaired) electrons. The van der Waals surface area contributed by atoms with E-state index in [1.807, 2.05) is 23.7 Å². The largest absolute Gasteiger partial charge is 0.322 e. The van der Waals surface area contributed by atoms with Crippen LogP contribution < -0.4 is 5.32 Å². The van der Waals surface area contributed by atoms with Crippen LogP contribution in [0, 0.1) is 17.0 Å². The molecule has 1 aromatic heterocycles. The van der Waals surface area contributed by atoms with Crippen LogP contribution >= 0.6 is 11.8 Å². The van der Waals surface area contributed by atoms with Gasteiger partial charge < -0.3 is 9.88 Å². The molecule has 1 amide bonds. The standard InChI is InChI=1S/C17H15N5O3S/c1-11-9-12(3-8-15(11)22(24)25)16(23)19-13-4-6-14(7-5-13)26-17-20-18-10-21(17)2/h3-10H,1-2H3,(H,19,23). The lowest BCUT2D eigenvalue weighted by Gasteiger charge is -2.07. The number of nitrogens with one attached hydrogen (secondary N) is 1. The molecule has 2 aromatic carbocycles. The number of hydrogen-bond acceptors (Lipinski definition) is 6. The van der Waals surface area contributed by atoms with Crippen LogP contribution in [0.1, 0.15) is 15.9 Å². The van der Waals surface area contributed by atoms with Crippen LogP contribution in [0.15, 0.2) is 58.8 Å². The Morgan fingerprint density at radius 2 is 1.96 bits per heavy atom. The molecule has 0 aliphatic rings. The minimum atomic E-state index is -0.468. The number of nitrogens with zero attached hydrogens (tertiary/aromatic N) is 4. The van der Waals surface area contributed by atoms with Crippen molar-refractivity contribution in [2.75, 3.05) is 5.32 Å². The van der Waals surface area contributed by atoms with Gasteiger partial charge in [-0.2, -0.15) is 0 Å². The van der Waals surface area contributed by atoms with Crippen LogP contribution in [0.5, 0.6) is 0 Å². The summed E-state index contributed by atoms with van der Waals surface area (Å²) in [5.41, 5.74) is 1.43. The molecule has 0 saturated heterocycles. The van der Waals surface area contributed by atoms with E-state index in [0.29, 0.717) is 16.8 Å². The summed E-state index contributed by atoms with van der Waals surface area (Å²) in [5, 5.41) is 22.2. The van der Waals surface area contributed by atoms with Crippen molar-refractivity contribution in [3.63, 3.8) is 0 Å². The smallest absolute Gasteiger partial charge is 0.272 e. The van der Waals surface area contributed by atoms with Gasteiger partial charge in [0.25, 0.3) is 11.6 Å². The molecule has 0 fully saturated rings. The van der Waals surface area contributed by atoms with Crippen molar-refractivity contribution in [2.45, 2.75) is 17.0 Å². The van der Waals surface area contributed by atoms with E-state index in [4.69, 9.17) is 0 Å². The second-order valence-corrected chi connectivity index (χ2v) is 6.60. The molecular weight excluding hydrogens is 354 g/mol. The van der Waals surface area contributed by atoms with Gasteiger partial charge in [0, 0.05) is 34.8 Å². The van der Waals surface area contributed by atoms with Crippen molar-refractivity contribution in [1.29, 1.82) is 0 Å². The van der Waals surface area contributed by atoms with Crippen molar-refractivity contribution in [2.24, 2.45) is 7.05 Å². The first-order valence-corrected chi connectivity index (χ1v) is 8.44. The van der Waals surface area contributed by atoms with E-state index in [1.165, 1.54) is 30.0 Å². The predicted octanol–water partition coefficient (Wildman–Crippen LogP) is 3.44. The van der Waals surface area contributed by atoms with Crippen molar-refractivity contribution >= 4 is 29.0 Å². The number of carbonyl (C=O) groups excluding carboxylic acids is 1. The number of amides is 1. The van der Waals surface area contributed by atoms with Crippen LogP contribution in [0.25, 0.3) is 0 Å². The normalized spacial score (nSPS) is 10.5. The van der Waals surface area contributed by atoms with E-state index < -0.39 is 4.92 Å². The highest BCUT2D eigenvalue weighted by atomic mass is 32.2. The summed E-state index contributed by atoms with van der Waals surface area (Å²) in [6.45, 7) is 1.60. The minimum Gasteiger partial charge on any atom is -0.322 e. The van der Waals surface area contributed by atoms with Crippen molar-refractivity contribution in [1.82, 2.24) is 14.8 Å². The quantitative estimate of drug-likeness (QED) is 0.546. The minimum absolute atomic E-state index is 0.00768. The molecule has 0 aliphatic heterocycles. The Hall–Kier alpha value is -3.20. The number of carbonyl (C=O) groups is 1. The highest BCUT2D eigenvalue weighted by molar-refractivity contribution is 7.99. The van der Waals surface area contributed by atoms with Gasteiger partial charge in [-0.15, -0.1) is 10.2 Å². The fourth-order valence-electron chi connectivity index (χ4n) is 2.28. The molecule has 8 nitrogen and oxygen atoms in total. The maximum Gasteiger partial charge on any atom is 0.272 e.